The van der Waals surface area contributed by atoms with Gasteiger partial charge in [-0.3, -0.25) is 4.79 Å². The Kier molecular flexibility index (Phi) is 5.25. The molecule has 2 aromatic carbocycles. The Balaban J connectivity index is 2.03. The molecule has 0 aromatic heterocycles. The Morgan fingerprint density at radius 1 is 1.14 bits per heavy atom. The number of carbonyl (C=O) groups is 2. The Hall–Kier alpha value is -2.24. The van der Waals surface area contributed by atoms with Gasteiger partial charge in [-0.25, -0.2) is 4.79 Å². The van der Waals surface area contributed by atoms with Gasteiger partial charge in [-0.05, 0) is 30.3 Å². The average molecular weight is 340 g/mol. The molecule has 0 aliphatic heterocycles. The SMILES string of the molecule is O=C(COc1ccc(Cl)cc1C(=O)O)Nc1ccccc1Cl. The van der Waals surface area contributed by atoms with Crippen LogP contribution < -0.4 is 10.1 Å². The molecule has 0 aliphatic carbocycles. The topological polar surface area (TPSA) is 75.6 Å². The Labute approximate surface area is 136 Å². The van der Waals surface area contributed by atoms with Gasteiger partial charge < -0.3 is 15.2 Å². The molecule has 5 nitrogen and oxygen atoms in total. The summed E-state index contributed by atoms with van der Waals surface area (Å²) in [7, 11) is 0. The molecule has 114 valence electrons. The number of carboxylic acids is 1. The van der Waals surface area contributed by atoms with Gasteiger partial charge in [-0.15, -0.1) is 0 Å². The Morgan fingerprint density at radius 2 is 1.86 bits per heavy atom. The number of carboxylic acid groups (broad SMARTS) is 1. The third kappa shape index (κ3) is 4.13. The summed E-state index contributed by atoms with van der Waals surface area (Å²) in [5.74, 6) is -1.59. The summed E-state index contributed by atoms with van der Waals surface area (Å²) in [6.07, 6.45) is 0. The minimum atomic E-state index is -1.19. The summed E-state index contributed by atoms with van der Waals surface area (Å²) < 4.78 is 5.23. The molecule has 0 unspecified atom stereocenters. The van der Waals surface area contributed by atoms with Crippen molar-refractivity contribution in [2.24, 2.45) is 0 Å². The van der Waals surface area contributed by atoms with Gasteiger partial charge in [0.1, 0.15) is 11.3 Å². The molecule has 0 saturated carbocycles. The number of halogens is 2. The van der Waals surface area contributed by atoms with Crippen LogP contribution in [0.4, 0.5) is 5.69 Å². The van der Waals surface area contributed by atoms with Gasteiger partial charge in [0, 0.05) is 5.02 Å². The predicted molar refractivity (Wildman–Crippen MR) is 84.0 cm³/mol. The van der Waals surface area contributed by atoms with Gasteiger partial charge in [-0.2, -0.15) is 0 Å². The van der Waals surface area contributed by atoms with Crippen LogP contribution in [-0.2, 0) is 4.79 Å². The van der Waals surface area contributed by atoms with E-state index in [4.69, 9.17) is 33.0 Å². The lowest BCUT2D eigenvalue weighted by Crippen LogP contribution is -2.21. The third-order valence-electron chi connectivity index (χ3n) is 2.68. The number of nitrogens with one attached hydrogen (secondary N) is 1. The minimum Gasteiger partial charge on any atom is -0.483 e. The van der Waals surface area contributed by atoms with E-state index in [2.05, 4.69) is 5.32 Å². The molecule has 22 heavy (non-hydrogen) atoms. The molecule has 0 atom stereocenters. The number of anilines is 1. The molecular formula is C15H11Cl2NO4. The summed E-state index contributed by atoms with van der Waals surface area (Å²) >= 11 is 11.7. The molecule has 2 aromatic rings. The van der Waals surface area contributed by atoms with Crippen LogP contribution in [0.5, 0.6) is 5.75 Å². The van der Waals surface area contributed by atoms with Crippen LogP contribution >= 0.6 is 23.2 Å². The van der Waals surface area contributed by atoms with Crippen LogP contribution in [0, 0.1) is 0 Å². The van der Waals surface area contributed by atoms with E-state index in [9.17, 15) is 9.59 Å². The largest absolute Gasteiger partial charge is 0.483 e. The first-order valence-electron chi connectivity index (χ1n) is 6.17. The lowest BCUT2D eigenvalue weighted by molar-refractivity contribution is -0.118. The number of hydrogen-bond acceptors (Lipinski definition) is 3. The van der Waals surface area contributed by atoms with E-state index in [1.54, 1.807) is 24.3 Å². The molecule has 2 rings (SSSR count). The summed E-state index contributed by atoms with van der Waals surface area (Å²) in [5, 5.41) is 12.3. The lowest BCUT2D eigenvalue weighted by atomic mass is 10.2. The number of benzene rings is 2. The van der Waals surface area contributed by atoms with Gasteiger partial charge in [0.05, 0.1) is 10.7 Å². The van der Waals surface area contributed by atoms with Crippen molar-refractivity contribution < 1.29 is 19.4 Å². The smallest absolute Gasteiger partial charge is 0.339 e. The monoisotopic (exact) mass is 339 g/mol. The normalized spacial score (nSPS) is 10.1. The second-order valence-corrected chi connectivity index (χ2v) is 5.11. The molecule has 0 radical (unpaired) electrons. The molecular weight excluding hydrogens is 329 g/mol. The molecule has 0 saturated heterocycles. The zero-order valence-electron chi connectivity index (χ0n) is 11.2. The number of rotatable bonds is 5. The fourth-order valence-corrected chi connectivity index (χ4v) is 2.04. The zero-order valence-corrected chi connectivity index (χ0v) is 12.7. The number of carbonyl (C=O) groups excluding carboxylic acids is 1. The van der Waals surface area contributed by atoms with Gasteiger partial charge in [-0.1, -0.05) is 35.3 Å². The standard InChI is InChI=1S/C15H11Cl2NO4/c16-9-5-6-13(10(7-9)15(20)21)22-8-14(19)18-12-4-2-1-3-11(12)17/h1-7H,8H2,(H,18,19)(H,20,21). The van der Waals surface area contributed by atoms with Gasteiger partial charge >= 0.3 is 5.97 Å². The van der Waals surface area contributed by atoms with Crippen molar-refractivity contribution in [2.45, 2.75) is 0 Å². The van der Waals surface area contributed by atoms with Crippen molar-refractivity contribution in [2.75, 3.05) is 11.9 Å². The van der Waals surface area contributed by atoms with E-state index in [0.29, 0.717) is 10.7 Å². The quantitative estimate of drug-likeness (QED) is 0.870. The molecule has 0 fully saturated rings. The second-order valence-electron chi connectivity index (χ2n) is 4.26. The van der Waals surface area contributed by atoms with Crippen molar-refractivity contribution in [3.05, 3.63) is 58.1 Å². The van der Waals surface area contributed by atoms with E-state index in [-0.39, 0.29) is 22.9 Å². The predicted octanol–water partition coefficient (Wildman–Crippen LogP) is 3.71. The van der Waals surface area contributed by atoms with Gasteiger partial charge in [0.15, 0.2) is 6.61 Å². The molecule has 0 bridgehead atoms. The number of aromatic carboxylic acids is 1. The summed E-state index contributed by atoms with van der Waals surface area (Å²) in [6, 6.07) is 10.9. The number of amides is 1. The van der Waals surface area contributed by atoms with Crippen molar-refractivity contribution in [3.8, 4) is 5.75 Å². The Bertz CT molecular complexity index is 718. The van der Waals surface area contributed by atoms with Crippen molar-refractivity contribution in [3.63, 3.8) is 0 Å². The van der Waals surface area contributed by atoms with Crippen LogP contribution in [0.2, 0.25) is 10.0 Å². The maximum absolute atomic E-state index is 11.8. The third-order valence-corrected chi connectivity index (χ3v) is 3.24. The van der Waals surface area contributed by atoms with E-state index in [0.717, 1.165) is 0 Å². The van der Waals surface area contributed by atoms with Gasteiger partial charge in [0.25, 0.3) is 5.91 Å². The lowest BCUT2D eigenvalue weighted by Gasteiger charge is -2.10. The highest BCUT2D eigenvalue weighted by Crippen LogP contribution is 2.23. The van der Waals surface area contributed by atoms with E-state index >= 15 is 0 Å². The number of para-hydroxylation sites is 1. The first-order valence-corrected chi connectivity index (χ1v) is 6.93. The van der Waals surface area contributed by atoms with E-state index < -0.39 is 11.9 Å². The second kappa shape index (κ2) is 7.15. The fourth-order valence-electron chi connectivity index (χ4n) is 1.69. The molecule has 7 heteroatoms. The molecule has 2 N–H and O–H groups in total. The Morgan fingerprint density at radius 3 is 2.55 bits per heavy atom. The first kappa shape index (κ1) is 16.1. The van der Waals surface area contributed by atoms with Crippen LogP contribution in [0.15, 0.2) is 42.5 Å². The average Bonchev–Trinajstić information content (AvgIpc) is 2.48. The van der Waals surface area contributed by atoms with E-state index in [1.807, 2.05) is 0 Å². The number of hydrogen-bond donors (Lipinski definition) is 2. The zero-order chi connectivity index (χ0) is 16.1. The first-order chi connectivity index (χ1) is 10.5. The van der Waals surface area contributed by atoms with Crippen molar-refractivity contribution in [1.82, 2.24) is 0 Å². The minimum absolute atomic E-state index is 0.0613. The maximum Gasteiger partial charge on any atom is 0.339 e. The van der Waals surface area contributed by atoms with Crippen LogP contribution in [0.25, 0.3) is 0 Å². The van der Waals surface area contributed by atoms with E-state index in [1.165, 1.54) is 18.2 Å². The molecule has 0 aliphatic rings. The van der Waals surface area contributed by atoms with Crippen molar-refractivity contribution in [1.29, 1.82) is 0 Å². The summed E-state index contributed by atoms with van der Waals surface area (Å²) in [5.41, 5.74) is 0.338. The highest BCUT2D eigenvalue weighted by molar-refractivity contribution is 6.33. The summed E-state index contributed by atoms with van der Waals surface area (Å²) in [4.78, 5) is 22.9. The highest BCUT2D eigenvalue weighted by atomic mass is 35.5. The fraction of sp³-hybridized carbons (Fsp3) is 0.0667. The maximum atomic E-state index is 11.8. The van der Waals surface area contributed by atoms with Crippen molar-refractivity contribution >= 4 is 40.8 Å². The van der Waals surface area contributed by atoms with Crippen LogP contribution in [0.1, 0.15) is 10.4 Å². The highest BCUT2D eigenvalue weighted by Gasteiger charge is 2.14. The number of ether oxygens (including phenoxy) is 1. The summed E-state index contributed by atoms with van der Waals surface area (Å²) in [6.45, 7) is -0.354. The van der Waals surface area contributed by atoms with Crippen LogP contribution in [0.3, 0.4) is 0 Å². The molecule has 0 spiro atoms. The van der Waals surface area contributed by atoms with Crippen LogP contribution in [-0.4, -0.2) is 23.6 Å². The molecule has 0 heterocycles. The van der Waals surface area contributed by atoms with Gasteiger partial charge in [0.2, 0.25) is 0 Å². The molecule has 1 amide bonds.